The van der Waals surface area contributed by atoms with Crippen LogP contribution in [0, 0.1) is 18.8 Å². The van der Waals surface area contributed by atoms with Crippen molar-refractivity contribution in [2.24, 2.45) is 17.6 Å². The molecule has 5 heterocycles. The van der Waals surface area contributed by atoms with Gasteiger partial charge in [0.05, 0.1) is 30.2 Å². The van der Waals surface area contributed by atoms with E-state index in [2.05, 4.69) is 35.9 Å². The number of likely N-dealkylation sites (tertiary alicyclic amines) is 1. The van der Waals surface area contributed by atoms with Gasteiger partial charge in [0.25, 0.3) is 5.91 Å². The molecule has 6 rings (SSSR count). The summed E-state index contributed by atoms with van der Waals surface area (Å²) in [4.78, 5) is 37.5. The number of aromatic nitrogens is 4. The summed E-state index contributed by atoms with van der Waals surface area (Å²) >= 11 is 0. The summed E-state index contributed by atoms with van der Waals surface area (Å²) in [6.45, 7) is 9.87. The maximum Gasteiger partial charge on any atom is 0.254 e. The highest BCUT2D eigenvalue weighted by atomic mass is 16.5. The van der Waals surface area contributed by atoms with Gasteiger partial charge >= 0.3 is 0 Å². The fourth-order valence-corrected chi connectivity index (χ4v) is 6.23. The summed E-state index contributed by atoms with van der Waals surface area (Å²) in [7, 11) is 1.62. The topological polar surface area (TPSA) is 120 Å². The maximum absolute atomic E-state index is 13.5. The number of pyridine rings is 2. The molecule has 0 radical (unpaired) electrons. The number of methoxy groups -OCH3 is 1. The number of nitrogens with one attached hydrogen (secondary N) is 1. The number of imidazole rings is 1. The first-order valence-electron chi connectivity index (χ1n) is 15.0. The summed E-state index contributed by atoms with van der Waals surface area (Å²) in [5, 5.41) is 4.10. The Morgan fingerprint density at radius 1 is 1.14 bits per heavy atom. The number of rotatable bonds is 8. The average molecular weight is 572 g/mol. The molecule has 1 saturated heterocycles. The number of nitrogens with two attached hydrogens (primary N) is 1. The van der Waals surface area contributed by atoms with Crippen LogP contribution in [0.15, 0.2) is 30.3 Å². The van der Waals surface area contributed by atoms with Gasteiger partial charge in [-0.1, -0.05) is 13.8 Å². The van der Waals surface area contributed by atoms with Crippen molar-refractivity contribution in [3.05, 3.63) is 47.3 Å². The summed E-state index contributed by atoms with van der Waals surface area (Å²) in [6.07, 6.45) is 4.24. The van der Waals surface area contributed by atoms with Gasteiger partial charge in [-0.2, -0.15) is 0 Å². The molecular formula is C32H41N7O3. The zero-order valence-electron chi connectivity index (χ0n) is 25.2. The Morgan fingerprint density at radius 3 is 2.60 bits per heavy atom. The monoisotopic (exact) mass is 571 g/mol. The second kappa shape index (κ2) is 11.1. The molecule has 1 aliphatic heterocycles. The van der Waals surface area contributed by atoms with Crippen LogP contribution in [0.4, 0.5) is 0 Å². The second-order valence-electron chi connectivity index (χ2n) is 12.3. The van der Waals surface area contributed by atoms with Crippen LogP contribution in [-0.4, -0.2) is 61.9 Å². The molecule has 42 heavy (non-hydrogen) atoms. The van der Waals surface area contributed by atoms with E-state index < -0.39 is 0 Å². The first-order chi connectivity index (χ1) is 20.1. The molecule has 10 heteroatoms. The highest BCUT2D eigenvalue weighted by Crippen LogP contribution is 2.37. The van der Waals surface area contributed by atoms with E-state index >= 15 is 0 Å². The molecule has 0 spiro atoms. The van der Waals surface area contributed by atoms with E-state index in [0.29, 0.717) is 36.1 Å². The van der Waals surface area contributed by atoms with Gasteiger partial charge in [-0.15, -0.1) is 0 Å². The normalized spacial score (nSPS) is 18.2. The Hall–Kier alpha value is -3.92. The largest absolute Gasteiger partial charge is 0.482 e. The number of piperidine rings is 1. The zero-order valence-corrected chi connectivity index (χ0v) is 25.2. The number of fused-ring (bicyclic) bond motifs is 2. The molecule has 2 amide bonds. The van der Waals surface area contributed by atoms with E-state index in [1.807, 2.05) is 28.4 Å². The molecule has 2 fully saturated rings. The Morgan fingerprint density at radius 2 is 1.93 bits per heavy atom. The first kappa shape index (κ1) is 28.2. The molecule has 4 aromatic heterocycles. The molecule has 2 aliphatic rings. The predicted octanol–water partition coefficient (Wildman–Crippen LogP) is 4.47. The third-order valence-corrected chi connectivity index (χ3v) is 8.61. The molecule has 222 valence electrons. The number of carbonyl (C=O) groups excluding carboxylic acids is 2. The van der Waals surface area contributed by atoms with Crippen LogP contribution in [-0.2, 0) is 11.3 Å². The molecule has 10 nitrogen and oxygen atoms in total. The third-order valence-electron chi connectivity index (χ3n) is 8.61. The lowest BCUT2D eigenvalue weighted by atomic mass is 10.00. The van der Waals surface area contributed by atoms with Crippen molar-refractivity contribution in [3.63, 3.8) is 0 Å². The SMILES string of the molecule is COc1cc(C(=O)N2CCC[C@@H](N)C2)cc2nc(-c3cc4ccc(C(NC(C)=O)C(C)C)nc4n3CC3CC3)c(C)n12. The molecule has 1 aliphatic carbocycles. The van der Waals surface area contributed by atoms with Crippen LogP contribution in [0.3, 0.4) is 0 Å². The first-order valence-corrected chi connectivity index (χ1v) is 15.0. The van der Waals surface area contributed by atoms with Crippen LogP contribution in [0.1, 0.15) is 74.2 Å². The van der Waals surface area contributed by atoms with E-state index in [-0.39, 0.29) is 29.8 Å². The average Bonchev–Trinajstić information content (AvgIpc) is 3.64. The minimum absolute atomic E-state index is 0.00479. The number of ether oxygens (including phenoxy) is 1. The van der Waals surface area contributed by atoms with E-state index in [9.17, 15) is 9.59 Å². The van der Waals surface area contributed by atoms with E-state index in [4.69, 9.17) is 20.4 Å². The highest BCUT2D eigenvalue weighted by Gasteiger charge is 2.29. The molecule has 3 N–H and O–H groups in total. The standard InChI is InChI=1S/C32H41N7O3/c1-18(2)29(34-20(4)40)25-11-10-22-13-26(38(31(22)35-25)16-21-8-9-21)30-19(3)39-27(36-30)14-23(15-28(39)42-5)32(41)37-12-6-7-24(33)17-37/h10-11,13-15,18,21,24,29H,6-9,12,16-17,33H2,1-5H3,(H,34,40)/t24-,29?/m1/s1. The lowest BCUT2D eigenvalue weighted by molar-refractivity contribution is -0.120. The highest BCUT2D eigenvalue weighted by molar-refractivity contribution is 5.96. The molecule has 0 bridgehead atoms. The number of nitrogens with zero attached hydrogens (tertiary/aromatic N) is 5. The Labute approximate surface area is 246 Å². The van der Waals surface area contributed by atoms with Gasteiger partial charge in [0.2, 0.25) is 5.91 Å². The second-order valence-corrected chi connectivity index (χ2v) is 12.3. The van der Waals surface area contributed by atoms with Gasteiger partial charge in [-0.05, 0) is 68.7 Å². The summed E-state index contributed by atoms with van der Waals surface area (Å²) in [5.41, 5.74) is 11.9. The van der Waals surface area contributed by atoms with Gasteiger partial charge in [0.1, 0.15) is 17.0 Å². The number of hydrogen-bond acceptors (Lipinski definition) is 6. The molecule has 2 atom stereocenters. The van der Waals surface area contributed by atoms with Crippen LogP contribution in [0.5, 0.6) is 5.88 Å². The molecule has 4 aromatic rings. The predicted molar refractivity (Wildman–Crippen MR) is 162 cm³/mol. The smallest absolute Gasteiger partial charge is 0.254 e. The van der Waals surface area contributed by atoms with Gasteiger partial charge in [0, 0.05) is 49.6 Å². The molecule has 1 unspecified atom stereocenters. The van der Waals surface area contributed by atoms with Crippen molar-refractivity contribution in [1.29, 1.82) is 0 Å². The molecule has 0 aromatic carbocycles. The van der Waals surface area contributed by atoms with Gasteiger partial charge < -0.3 is 25.3 Å². The summed E-state index contributed by atoms with van der Waals surface area (Å²) in [5.74, 6) is 1.24. The lowest BCUT2D eigenvalue weighted by Gasteiger charge is -2.30. The minimum atomic E-state index is -0.175. The Kier molecular flexibility index (Phi) is 7.43. The van der Waals surface area contributed by atoms with Crippen molar-refractivity contribution in [2.45, 2.75) is 72.0 Å². The van der Waals surface area contributed by atoms with Crippen LogP contribution in [0.2, 0.25) is 0 Å². The fourth-order valence-electron chi connectivity index (χ4n) is 6.23. The lowest BCUT2D eigenvalue weighted by Crippen LogP contribution is -2.45. The maximum atomic E-state index is 13.5. The van der Waals surface area contributed by atoms with Crippen LogP contribution < -0.4 is 15.8 Å². The van der Waals surface area contributed by atoms with E-state index in [1.54, 1.807) is 20.1 Å². The quantitative estimate of drug-likeness (QED) is 0.322. The van der Waals surface area contributed by atoms with Crippen molar-refractivity contribution in [1.82, 2.24) is 29.2 Å². The summed E-state index contributed by atoms with van der Waals surface area (Å²) < 4.78 is 10.0. The van der Waals surface area contributed by atoms with Gasteiger partial charge in [0.15, 0.2) is 5.88 Å². The van der Waals surface area contributed by atoms with E-state index in [0.717, 1.165) is 53.2 Å². The molecular weight excluding hydrogens is 530 g/mol. The minimum Gasteiger partial charge on any atom is -0.482 e. The third kappa shape index (κ3) is 5.24. The van der Waals surface area contributed by atoms with Crippen LogP contribution in [0.25, 0.3) is 28.1 Å². The van der Waals surface area contributed by atoms with Crippen molar-refractivity contribution in [2.75, 3.05) is 20.2 Å². The van der Waals surface area contributed by atoms with E-state index in [1.165, 1.54) is 12.8 Å². The number of carbonyl (C=O) groups is 2. The van der Waals surface area contributed by atoms with Crippen LogP contribution >= 0.6 is 0 Å². The number of hydrogen-bond donors (Lipinski definition) is 2. The zero-order chi connectivity index (χ0) is 29.7. The Balaban J connectivity index is 1.46. The number of amides is 2. The Bertz CT molecular complexity index is 1670. The summed E-state index contributed by atoms with van der Waals surface area (Å²) in [6, 6.07) is 9.74. The van der Waals surface area contributed by atoms with Gasteiger partial charge in [-0.25, -0.2) is 9.97 Å². The van der Waals surface area contributed by atoms with Crippen molar-refractivity contribution < 1.29 is 14.3 Å². The van der Waals surface area contributed by atoms with Crippen molar-refractivity contribution >= 4 is 28.5 Å². The molecule has 1 saturated carbocycles. The van der Waals surface area contributed by atoms with Crippen molar-refractivity contribution in [3.8, 4) is 17.3 Å². The fraction of sp³-hybridized carbons (Fsp3) is 0.500. The number of aryl methyl sites for hydroxylation is 1. The van der Waals surface area contributed by atoms with Gasteiger partial charge in [-0.3, -0.25) is 14.0 Å².